The maximum atomic E-state index is 4.52. The lowest BCUT2D eigenvalue weighted by molar-refractivity contribution is 0.792. The number of benzene rings is 7. The molecule has 0 saturated carbocycles. The summed E-state index contributed by atoms with van der Waals surface area (Å²) in [6.07, 6.45) is 22.0. The molecule has 68 heavy (non-hydrogen) atoms. The first-order valence-electron chi connectivity index (χ1n) is 22.4. The van der Waals surface area contributed by atoms with Gasteiger partial charge >= 0.3 is 0 Å². The maximum absolute atomic E-state index is 4.52. The molecule has 0 amide bonds. The molecular formula is C58H46N8S2. The molecule has 0 atom stereocenters. The molecule has 0 radical (unpaired) electrons. The molecule has 0 spiro atoms. The van der Waals surface area contributed by atoms with Crippen LogP contribution in [-0.4, -0.2) is 30.0 Å². The van der Waals surface area contributed by atoms with Crippen molar-refractivity contribution in [3.8, 4) is 33.9 Å². The van der Waals surface area contributed by atoms with Crippen molar-refractivity contribution in [2.45, 2.75) is 32.4 Å². The Balaban J connectivity index is 0.000000397. The summed E-state index contributed by atoms with van der Waals surface area (Å²) in [6.45, 7) is 6.93. The van der Waals surface area contributed by atoms with Crippen LogP contribution in [-0.2, 0) is 0 Å². The highest BCUT2D eigenvalue weighted by molar-refractivity contribution is 8.00. The highest BCUT2D eigenvalue weighted by Crippen LogP contribution is 2.52. The zero-order valence-corrected chi connectivity index (χ0v) is 38.8. The summed E-state index contributed by atoms with van der Waals surface area (Å²) in [4.78, 5) is 9.61. The highest BCUT2D eigenvalue weighted by atomic mass is 32.2. The second kappa shape index (κ2) is 20.6. The lowest BCUT2D eigenvalue weighted by atomic mass is 10.1. The lowest BCUT2D eigenvalue weighted by Crippen LogP contribution is -2.14. The summed E-state index contributed by atoms with van der Waals surface area (Å²) in [5.41, 5.74) is 12.3. The van der Waals surface area contributed by atoms with E-state index in [1.54, 1.807) is 21.5 Å². The predicted octanol–water partition coefficient (Wildman–Crippen LogP) is 15.9. The molecule has 4 heterocycles. The summed E-state index contributed by atoms with van der Waals surface area (Å²) in [5, 5.41) is 18.0. The molecule has 9 aromatic rings. The van der Waals surface area contributed by atoms with Gasteiger partial charge in [-0.2, -0.15) is 0 Å². The third-order valence-corrected chi connectivity index (χ3v) is 13.6. The molecule has 0 bridgehead atoms. The molecule has 330 valence electrons. The third kappa shape index (κ3) is 9.41. The second-order valence-electron chi connectivity index (χ2n) is 15.7. The average Bonchev–Trinajstić information content (AvgIpc) is 4.12. The monoisotopic (exact) mass is 918 g/mol. The number of aromatic nitrogens is 6. The SMILES string of the molecule is C1=CCCC=C1.C=C/C=C\C=C.c1ccc2c(c1)Sc1ccccc1N2c1ccc(-c2cn(-c3ccc(-n4cc(-c5ccc(N6c7ccccc7Sc7ccccc76)cc5)nn4)cc3)nn2)cc1. The van der Waals surface area contributed by atoms with Crippen LogP contribution in [0.25, 0.3) is 33.9 Å². The molecule has 10 heteroatoms. The number of nitrogens with zero attached hydrogens (tertiary/aromatic N) is 8. The van der Waals surface area contributed by atoms with Crippen LogP contribution < -0.4 is 9.80 Å². The van der Waals surface area contributed by atoms with Crippen molar-refractivity contribution in [3.05, 3.63) is 244 Å². The minimum absolute atomic E-state index is 0.801. The Hall–Kier alpha value is -8.18. The van der Waals surface area contributed by atoms with Gasteiger partial charge in [-0.1, -0.05) is 169 Å². The molecule has 1 aliphatic carbocycles. The van der Waals surface area contributed by atoms with Crippen LogP contribution in [0, 0.1) is 0 Å². The molecule has 2 aliphatic heterocycles. The smallest absolute Gasteiger partial charge is 0.113 e. The van der Waals surface area contributed by atoms with Gasteiger partial charge in [0.25, 0.3) is 0 Å². The maximum Gasteiger partial charge on any atom is 0.113 e. The molecule has 0 unspecified atom stereocenters. The van der Waals surface area contributed by atoms with Crippen molar-refractivity contribution >= 4 is 57.6 Å². The van der Waals surface area contributed by atoms with E-state index in [4.69, 9.17) is 0 Å². The van der Waals surface area contributed by atoms with Crippen molar-refractivity contribution in [3.63, 3.8) is 0 Å². The quantitative estimate of drug-likeness (QED) is 0.140. The van der Waals surface area contributed by atoms with Crippen molar-refractivity contribution in [1.29, 1.82) is 0 Å². The standard InChI is InChI=1S/C46H30N8S2.2C6H8/c1-5-13-43-39(9-1)53(40-10-2-6-14-44(40)55-43)35-21-17-31(18-22-35)37-29-51(49-47-37)33-25-27-34(28-26-33)52-30-38(48-50-52)32-19-23-36(24-20-32)54-41-11-3-7-15-45(41)56-46-16-8-4-12-42(46)54;1-2-4-6-5-3-1;1-3-5-6-4-2/h1-30H;1-4H,5-6H2;3-6H,1-2H2/b;;6-5-. The van der Waals surface area contributed by atoms with Crippen LogP contribution in [0.15, 0.2) is 264 Å². The van der Waals surface area contributed by atoms with Gasteiger partial charge < -0.3 is 9.80 Å². The fraction of sp³-hybridized carbons (Fsp3) is 0.0345. The Labute approximate surface area is 405 Å². The Bertz CT molecular complexity index is 2980. The number of anilines is 6. The summed E-state index contributed by atoms with van der Waals surface area (Å²) in [5.74, 6) is 0. The number of para-hydroxylation sites is 4. The van der Waals surface area contributed by atoms with Gasteiger partial charge in [0.15, 0.2) is 0 Å². The molecule has 2 aromatic heterocycles. The van der Waals surface area contributed by atoms with Crippen molar-refractivity contribution in [1.82, 2.24) is 30.0 Å². The fourth-order valence-corrected chi connectivity index (χ4v) is 10.1. The lowest BCUT2D eigenvalue weighted by Gasteiger charge is -2.32. The van der Waals surface area contributed by atoms with E-state index in [1.807, 2.05) is 72.3 Å². The predicted molar refractivity (Wildman–Crippen MR) is 282 cm³/mol. The van der Waals surface area contributed by atoms with Crippen LogP contribution >= 0.6 is 23.5 Å². The summed E-state index contributed by atoms with van der Waals surface area (Å²) >= 11 is 3.62. The van der Waals surface area contributed by atoms with Crippen LogP contribution in [0.3, 0.4) is 0 Å². The third-order valence-electron chi connectivity index (χ3n) is 11.3. The molecular weight excluding hydrogens is 873 g/mol. The van der Waals surface area contributed by atoms with E-state index < -0.39 is 0 Å². The first-order valence-corrected chi connectivity index (χ1v) is 24.0. The van der Waals surface area contributed by atoms with E-state index in [-0.39, 0.29) is 0 Å². The van der Waals surface area contributed by atoms with E-state index in [2.05, 4.69) is 213 Å². The fourth-order valence-electron chi connectivity index (χ4n) is 8.03. The molecule has 7 aromatic carbocycles. The first-order chi connectivity index (χ1) is 33.6. The van der Waals surface area contributed by atoms with Crippen LogP contribution in [0.2, 0.25) is 0 Å². The molecule has 12 rings (SSSR count). The molecule has 3 aliphatic rings. The Morgan fingerprint density at radius 3 is 1.03 bits per heavy atom. The van der Waals surface area contributed by atoms with Crippen LogP contribution in [0.4, 0.5) is 34.1 Å². The highest BCUT2D eigenvalue weighted by Gasteiger charge is 2.26. The van der Waals surface area contributed by atoms with Crippen LogP contribution in [0.5, 0.6) is 0 Å². The van der Waals surface area contributed by atoms with Gasteiger partial charge in [-0.25, -0.2) is 9.36 Å². The molecule has 0 saturated heterocycles. The number of hydrogen-bond acceptors (Lipinski definition) is 8. The average molecular weight is 919 g/mol. The number of rotatable bonds is 8. The largest absolute Gasteiger partial charge is 0.308 e. The van der Waals surface area contributed by atoms with E-state index in [9.17, 15) is 0 Å². The van der Waals surface area contributed by atoms with Crippen LogP contribution in [0.1, 0.15) is 12.8 Å². The Morgan fingerprint density at radius 2 is 0.721 bits per heavy atom. The van der Waals surface area contributed by atoms with Gasteiger partial charge in [-0.3, -0.25) is 0 Å². The number of allylic oxidation sites excluding steroid dienone is 8. The van der Waals surface area contributed by atoms with Gasteiger partial charge in [0.2, 0.25) is 0 Å². The van der Waals surface area contributed by atoms with Gasteiger partial charge in [-0.05, 0) is 110 Å². The normalized spacial score (nSPS) is 12.9. The van der Waals surface area contributed by atoms with Crippen molar-refractivity contribution in [2.24, 2.45) is 0 Å². The minimum atomic E-state index is 0.801. The molecule has 0 N–H and O–H groups in total. The Kier molecular flexibility index (Phi) is 13.2. The Morgan fingerprint density at radius 1 is 0.397 bits per heavy atom. The second-order valence-corrected chi connectivity index (χ2v) is 17.9. The molecule has 0 fully saturated rings. The van der Waals surface area contributed by atoms with Gasteiger partial charge in [-0.15, -0.1) is 10.2 Å². The minimum Gasteiger partial charge on any atom is -0.308 e. The summed E-state index contributed by atoms with van der Waals surface area (Å²) < 4.78 is 3.60. The zero-order valence-electron chi connectivity index (χ0n) is 37.2. The summed E-state index contributed by atoms with van der Waals surface area (Å²) in [7, 11) is 0. The van der Waals surface area contributed by atoms with E-state index in [1.165, 1.54) is 55.2 Å². The number of fused-ring (bicyclic) bond motifs is 4. The van der Waals surface area contributed by atoms with Gasteiger partial charge in [0.05, 0.1) is 46.5 Å². The van der Waals surface area contributed by atoms with E-state index in [0.29, 0.717) is 0 Å². The van der Waals surface area contributed by atoms with Crippen molar-refractivity contribution in [2.75, 3.05) is 9.80 Å². The topological polar surface area (TPSA) is 67.9 Å². The van der Waals surface area contributed by atoms with E-state index in [0.717, 1.165) is 45.3 Å². The van der Waals surface area contributed by atoms with E-state index >= 15 is 0 Å². The first kappa shape index (κ1) is 43.7. The number of hydrogen-bond donors (Lipinski definition) is 0. The van der Waals surface area contributed by atoms with Gasteiger partial charge in [0, 0.05) is 42.1 Å². The molecule has 8 nitrogen and oxygen atoms in total. The summed E-state index contributed by atoms with van der Waals surface area (Å²) in [6, 6.07) is 59.3. The van der Waals surface area contributed by atoms with Crippen molar-refractivity contribution < 1.29 is 0 Å². The zero-order chi connectivity index (χ0) is 46.1. The van der Waals surface area contributed by atoms with Gasteiger partial charge in [0.1, 0.15) is 11.4 Å².